The highest BCUT2D eigenvalue weighted by Crippen LogP contribution is 2.58. The molecule has 0 saturated heterocycles. The van der Waals surface area contributed by atoms with Crippen LogP contribution in [-0.2, 0) is 5.41 Å². The summed E-state index contributed by atoms with van der Waals surface area (Å²) >= 11 is 0. The quantitative estimate of drug-likeness (QED) is 0.173. The van der Waals surface area contributed by atoms with Crippen LogP contribution < -0.4 is 5.56 Å². The lowest BCUT2D eigenvalue weighted by Crippen LogP contribution is -2.41. The van der Waals surface area contributed by atoms with Gasteiger partial charge in [0.25, 0.3) is 5.56 Å². The van der Waals surface area contributed by atoms with Gasteiger partial charge in [0.05, 0.1) is 33.3 Å². The summed E-state index contributed by atoms with van der Waals surface area (Å²) in [7, 11) is 0. The molecule has 3 heteroatoms. The van der Waals surface area contributed by atoms with E-state index in [0.29, 0.717) is 0 Å². The highest BCUT2D eigenvalue weighted by atomic mass is 16.1. The van der Waals surface area contributed by atoms with Gasteiger partial charge in [0.2, 0.25) is 0 Å². The van der Waals surface area contributed by atoms with Crippen molar-refractivity contribution in [3.05, 3.63) is 190 Å². The Bertz CT molecular complexity index is 2880. The Morgan fingerprint density at radius 1 is 0.383 bits per heavy atom. The molecule has 218 valence electrons. The fourth-order valence-corrected chi connectivity index (χ4v) is 8.93. The van der Waals surface area contributed by atoms with E-state index in [0.717, 1.165) is 49.6 Å². The van der Waals surface area contributed by atoms with E-state index in [9.17, 15) is 4.79 Å². The zero-order valence-electron chi connectivity index (χ0n) is 25.3. The SMILES string of the molecule is O=c1c2ccccc2c2cccc3c2n1-c1ccc(-c2ccccc2)cc1C31c2ccccc2-n2c3ccccc3c3cccc1c32. The van der Waals surface area contributed by atoms with E-state index in [1.807, 2.05) is 22.8 Å². The van der Waals surface area contributed by atoms with E-state index in [-0.39, 0.29) is 5.56 Å². The molecule has 0 radical (unpaired) electrons. The molecule has 47 heavy (non-hydrogen) atoms. The monoisotopic (exact) mass is 598 g/mol. The second-order valence-corrected chi connectivity index (χ2v) is 12.8. The zero-order valence-corrected chi connectivity index (χ0v) is 25.3. The summed E-state index contributed by atoms with van der Waals surface area (Å²) < 4.78 is 4.46. The second kappa shape index (κ2) is 8.74. The van der Waals surface area contributed by atoms with Gasteiger partial charge in [-0.3, -0.25) is 9.36 Å². The molecule has 11 rings (SSSR count). The largest absolute Gasteiger partial charge is 0.309 e. The van der Waals surface area contributed by atoms with Gasteiger partial charge in [0, 0.05) is 21.5 Å². The van der Waals surface area contributed by atoms with E-state index >= 15 is 0 Å². The summed E-state index contributed by atoms with van der Waals surface area (Å²) in [6, 6.07) is 56.4. The standard InChI is InChI=1S/C44H26N2O/c47-43-33-16-5-4-14-29(33)31-17-10-21-36-42(31)46(43)40-25-24-28(27-12-2-1-3-13-27)26-37(40)44(36)34-19-7-9-23-39(34)45-38-22-8-6-15-30(38)32-18-11-20-35(44)41(32)45/h1-26H. The van der Waals surface area contributed by atoms with Crippen molar-refractivity contribution in [3.8, 4) is 22.5 Å². The smallest absolute Gasteiger partial charge is 0.263 e. The van der Waals surface area contributed by atoms with Gasteiger partial charge in [0.1, 0.15) is 0 Å². The highest BCUT2D eigenvalue weighted by molar-refractivity contribution is 6.14. The maximum absolute atomic E-state index is 14.7. The van der Waals surface area contributed by atoms with Crippen LogP contribution in [0.25, 0.3) is 66.0 Å². The molecule has 1 atom stereocenters. The van der Waals surface area contributed by atoms with Crippen molar-refractivity contribution in [1.29, 1.82) is 0 Å². The number of nitrogens with zero attached hydrogens (tertiary/aromatic N) is 2. The van der Waals surface area contributed by atoms with Crippen LogP contribution in [0.15, 0.2) is 163 Å². The Hall–Kier alpha value is -6.19. The van der Waals surface area contributed by atoms with Gasteiger partial charge in [-0.25, -0.2) is 0 Å². The predicted molar refractivity (Wildman–Crippen MR) is 192 cm³/mol. The molecule has 0 aliphatic carbocycles. The maximum atomic E-state index is 14.7. The molecule has 2 aromatic heterocycles. The normalized spacial score (nSPS) is 15.8. The van der Waals surface area contributed by atoms with Crippen LogP contribution in [0.5, 0.6) is 0 Å². The van der Waals surface area contributed by atoms with Crippen LogP contribution in [0.2, 0.25) is 0 Å². The molecule has 0 saturated carbocycles. The zero-order chi connectivity index (χ0) is 30.9. The fourth-order valence-electron chi connectivity index (χ4n) is 8.93. The molecule has 0 bridgehead atoms. The van der Waals surface area contributed by atoms with Crippen molar-refractivity contribution < 1.29 is 0 Å². The van der Waals surface area contributed by atoms with Gasteiger partial charge in [-0.15, -0.1) is 0 Å². The Kier molecular flexibility index (Phi) is 4.66. The average molecular weight is 599 g/mol. The maximum Gasteiger partial charge on any atom is 0.263 e. The molecule has 1 spiro atoms. The van der Waals surface area contributed by atoms with Crippen molar-refractivity contribution in [2.24, 2.45) is 0 Å². The molecule has 2 aliphatic rings. The number of fused-ring (bicyclic) bond motifs is 13. The lowest BCUT2D eigenvalue weighted by atomic mass is 9.60. The molecule has 7 aromatic carbocycles. The molecule has 3 nitrogen and oxygen atoms in total. The van der Waals surface area contributed by atoms with Crippen molar-refractivity contribution in [3.63, 3.8) is 0 Å². The second-order valence-electron chi connectivity index (χ2n) is 12.8. The number of hydrogen-bond acceptors (Lipinski definition) is 1. The first-order valence-corrected chi connectivity index (χ1v) is 16.2. The van der Waals surface area contributed by atoms with Gasteiger partial charge in [-0.05, 0) is 69.1 Å². The third kappa shape index (κ3) is 2.91. The van der Waals surface area contributed by atoms with Crippen LogP contribution in [0.3, 0.4) is 0 Å². The van der Waals surface area contributed by atoms with E-state index < -0.39 is 5.41 Å². The van der Waals surface area contributed by atoms with Crippen molar-refractivity contribution in [2.75, 3.05) is 0 Å². The molecular formula is C44H26N2O. The van der Waals surface area contributed by atoms with E-state index in [2.05, 4.69) is 144 Å². The Morgan fingerprint density at radius 3 is 1.77 bits per heavy atom. The summed E-state index contributed by atoms with van der Waals surface area (Å²) in [5.74, 6) is 0. The van der Waals surface area contributed by atoms with Gasteiger partial charge in [-0.1, -0.05) is 127 Å². The van der Waals surface area contributed by atoms with Crippen molar-refractivity contribution in [2.45, 2.75) is 5.41 Å². The first-order valence-electron chi connectivity index (χ1n) is 16.2. The first-order chi connectivity index (χ1) is 23.3. The van der Waals surface area contributed by atoms with Gasteiger partial charge in [-0.2, -0.15) is 0 Å². The topological polar surface area (TPSA) is 26.9 Å². The fraction of sp³-hybridized carbons (Fsp3) is 0.0227. The van der Waals surface area contributed by atoms with Crippen molar-refractivity contribution in [1.82, 2.24) is 9.13 Å². The number of hydrogen-bond donors (Lipinski definition) is 0. The van der Waals surface area contributed by atoms with Crippen LogP contribution >= 0.6 is 0 Å². The minimum atomic E-state index is -0.686. The molecule has 4 heterocycles. The Labute approximate surface area is 270 Å². The average Bonchev–Trinajstić information content (AvgIpc) is 3.48. The third-order valence-electron chi connectivity index (χ3n) is 10.7. The predicted octanol–water partition coefficient (Wildman–Crippen LogP) is 9.92. The summed E-state index contributed by atoms with van der Waals surface area (Å²) in [4.78, 5) is 14.7. The number of aromatic nitrogens is 2. The van der Waals surface area contributed by atoms with Crippen LogP contribution in [0.4, 0.5) is 0 Å². The minimum absolute atomic E-state index is 0.0144. The molecule has 9 aromatic rings. The molecule has 2 aliphatic heterocycles. The third-order valence-corrected chi connectivity index (χ3v) is 10.7. The molecular weight excluding hydrogens is 572 g/mol. The van der Waals surface area contributed by atoms with Gasteiger partial charge < -0.3 is 4.57 Å². The Morgan fingerprint density at radius 2 is 0.957 bits per heavy atom. The number of para-hydroxylation sites is 4. The summed E-state index contributed by atoms with van der Waals surface area (Å²) in [5, 5.41) is 5.29. The Balaban J connectivity index is 1.44. The van der Waals surface area contributed by atoms with E-state index in [1.54, 1.807) is 0 Å². The number of rotatable bonds is 1. The van der Waals surface area contributed by atoms with E-state index in [4.69, 9.17) is 0 Å². The number of benzene rings is 7. The van der Waals surface area contributed by atoms with E-state index in [1.165, 1.54) is 38.6 Å². The molecule has 0 fully saturated rings. The van der Waals surface area contributed by atoms with Crippen LogP contribution in [0.1, 0.15) is 22.3 Å². The summed E-state index contributed by atoms with van der Waals surface area (Å²) in [5.41, 5.74) is 11.8. The summed E-state index contributed by atoms with van der Waals surface area (Å²) in [6.07, 6.45) is 0. The minimum Gasteiger partial charge on any atom is -0.309 e. The lowest BCUT2D eigenvalue weighted by Gasteiger charge is -2.45. The van der Waals surface area contributed by atoms with Gasteiger partial charge in [0.15, 0.2) is 0 Å². The highest BCUT2D eigenvalue weighted by Gasteiger charge is 2.50. The van der Waals surface area contributed by atoms with Gasteiger partial charge >= 0.3 is 0 Å². The summed E-state index contributed by atoms with van der Waals surface area (Å²) in [6.45, 7) is 0. The molecule has 1 unspecified atom stereocenters. The van der Waals surface area contributed by atoms with Crippen molar-refractivity contribution >= 4 is 43.5 Å². The molecule has 0 N–H and O–H groups in total. The first kappa shape index (κ1) is 25.1. The van der Waals surface area contributed by atoms with Crippen LogP contribution in [0, 0.1) is 0 Å². The number of pyridine rings is 1. The lowest BCUT2D eigenvalue weighted by molar-refractivity contribution is 0.706. The van der Waals surface area contributed by atoms with Crippen LogP contribution in [-0.4, -0.2) is 9.13 Å². The molecule has 0 amide bonds.